The van der Waals surface area contributed by atoms with Crippen LogP contribution in [0.3, 0.4) is 0 Å². The summed E-state index contributed by atoms with van der Waals surface area (Å²) in [4.78, 5) is 0.336. The molecule has 0 aliphatic rings. The van der Waals surface area contributed by atoms with Gasteiger partial charge in [-0.05, 0) is 48.4 Å². The van der Waals surface area contributed by atoms with Gasteiger partial charge in [0.15, 0.2) is 9.84 Å². The lowest BCUT2D eigenvalue weighted by Crippen LogP contribution is -2.05. The number of hydrogen-bond donors (Lipinski definition) is 1. The van der Waals surface area contributed by atoms with Crippen LogP contribution in [-0.4, -0.2) is 28.3 Å². The quantitative estimate of drug-likeness (QED) is 0.891. The third-order valence-corrected chi connectivity index (χ3v) is 4.31. The van der Waals surface area contributed by atoms with Gasteiger partial charge in [0, 0.05) is 18.5 Å². The van der Waals surface area contributed by atoms with Crippen molar-refractivity contribution < 1.29 is 13.2 Å². The van der Waals surface area contributed by atoms with E-state index < -0.39 is 9.84 Å². The number of sulfone groups is 1. The van der Waals surface area contributed by atoms with Crippen LogP contribution in [0.15, 0.2) is 53.4 Å². The van der Waals surface area contributed by atoms with Crippen LogP contribution in [0.2, 0.25) is 0 Å². The molecule has 2 rings (SSSR count). The lowest BCUT2D eigenvalue weighted by atomic mass is 10.1. The summed E-state index contributed by atoms with van der Waals surface area (Å²) in [6.45, 7) is 0.782. The van der Waals surface area contributed by atoms with E-state index in [1.165, 1.54) is 11.8 Å². The molecular formula is C16H19NO3S. The van der Waals surface area contributed by atoms with Crippen LogP contribution in [0.1, 0.15) is 5.56 Å². The van der Waals surface area contributed by atoms with Gasteiger partial charge in [-0.2, -0.15) is 0 Å². The van der Waals surface area contributed by atoms with Gasteiger partial charge in [-0.1, -0.05) is 12.1 Å². The summed E-state index contributed by atoms with van der Waals surface area (Å²) in [5.41, 5.74) is 2.13. The van der Waals surface area contributed by atoms with Gasteiger partial charge in [-0.3, -0.25) is 0 Å². The highest BCUT2D eigenvalue weighted by atomic mass is 32.2. The van der Waals surface area contributed by atoms with E-state index in [9.17, 15) is 8.42 Å². The molecule has 0 atom stereocenters. The van der Waals surface area contributed by atoms with Gasteiger partial charge in [0.25, 0.3) is 0 Å². The van der Waals surface area contributed by atoms with Crippen LogP contribution in [0.4, 0.5) is 5.69 Å². The van der Waals surface area contributed by atoms with Crippen molar-refractivity contribution in [1.29, 1.82) is 0 Å². The number of ether oxygens (including phenoxy) is 1. The first-order valence-electron chi connectivity index (χ1n) is 6.66. The summed E-state index contributed by atoms with van der Waals surface area (Å²) in [5.74, 6) is 0.850. The molecule has 2 aromatic rings. The summed E-state index contributed by atoms with van der Waals surface area (Å²) in [7, 11) is -1.48. The van der Waals surface area contributed by atoms with E-state index in [1.807, 2.05) is 24.3 Å². The molecule has 0 unspecified atom stereocenters. The second kappa shape index (κ2) is 6.63. The highest BCUT2D eigenvalue weighted by Crippen LogP contribution is 2.15. The molecule has 0 amide bonds. The Hall–Kier alpha value is -2.01. The van der Waals surface area contributed by atoms with E-state index >= 15 is 0 Å². The number of benzene rings is 2. The molecule has 0 radical (unpaired) electrons. The number of hydrogen-bond acceptors (Lipinski definition) is 4. The molecule has 5 heteroatoms. The molecule has 0 saturated heterocycles. The zero-order valence-electron chi connectivity index (χ0n) is 12.2. The molecule has 0 fully saturated rings. The first-order valence-corrected chi connectivity index (χ1v) is 8.55. The Balaban J connectivity index is 1.88. The molecule has 2 aromatic carbocycles. The summed E-state index contributed by atoms with van der Waals surface area (Å²) in [5, 5.41) is 3.27. The Morgan fingerprint density at radius 3 is 2.14 bits per heavy atom. The Kier molecular flexibility index (Phi) is 4.85. The predicted octanol–water partition coefficient (Wildman–Crippen LogP) is 2.75. The molecule has 1 N–H and O–H groups in total. The zero-order chi connectivity index (χ0) is 15.3. The molecule has 0 spiro atoms. The number of anilines is 1. The Labute approximate surface area is 125 Å². The fraction of sp³-hybridized carbons (Fsp3) is 0.250. The first kappa shape index (κ1) is 15.4. The van der Waals surface area contributed by atoms with E-state index in [-0.39, 0.29) is 0 Å². The highest BCUT2D eigenvalue weighted by molar-refractivity contribution is 7.90. The predicted molar refractivity (Wildman–Crippen MR) is 84.7 cm³/mol. The summed E-state index contributed by atoms with van der Waals surface area (Å²) < 4.78 is 27.8. The maximum atomic E-state index is 11.4. The minimum absolute atomic E-state index is 0.336. The number of nitrogens with one attached hydrogen (secondary N) is 1. The van der Waals surface area contributed by atoms with E-state index in [4.69, 9.17) is 4.74 Å². The molecule has 0 heterocycles. The van der Waals surface area contributed by atoms with Gasteiger partial charge < -0.3 is 10.1 Å². The molecule has 4 nitrogen and oxygen atoms in total. The minimum atomic E-state index is -3.13. The van der Waals surface area contributed by atoms with Crippen molar-refractivity contribution in [2.75, 3.05) is 25.2 Å². The van der Waals surface area contributed by atoms with Crippen LogP contribution in [0.25, 0.3) is 0 Å². The van der Waals surface area contributed by atoms with Crippen molar-refractivity contribution in [2.24, 2.45) is 0 Å². The monoisotopic (exact) mass is 305 g/mol. The van der Waals surface area contributed by atoms with Crippen LogP contribution in [-0.2, 0) is 16.3 Å². The third kappa shape index (κ3) is 4.49. The van der Waals surface area contributed by atoms with Gasteiger partial charge in [-0.15, -0.1) is 0 Å². The first-order chi connectivity index (χ1) is 9.99. The highest BCUT2D eigenvalue weighted by Gasteiger charge is 2.05. The van der Waals surface area contributed by atoms with Crippen LogP contribution < -0.4 is 10.1 Å². The number of methoxy groups -OCH3 is 1. The zero-order valence-corrected chi connectivity index (χ0v) is 13.0. The molecular weight excluding hydrogens is 286 g/mol. The summed E-state index contributed by atoms with van der Waals surface area (Å²) in [6, 6.07) is 14.7. The molecule has 21 heavy (non-hydrogen) atoms. The fourth-order valence-electron chi connectivity index (χ4n) is 1.96. The smallest absolute Gasteiger partial charge is 0.175 e. The normalized spacial score (nSPS) is 11.1. The minimum Gasteiger partial charge on any atom is -0.497 e. The van der Waals surface area contributed by atoms with Gasteiger partial charge in [0.2, 0.25) is 0 Å². The van der Waals surface area contributed by atoms with Crippen molar-refractivity contribution in [3.8, 4) is 5.75 Å². The Morgan fingerprint density at radius 2 is 1.62 bits per heavy atom. The Morgan fingerprint density at radius 1 is 1.00 bits per heavy atom. The van der Waals surface area contributed by atoms with Gasteiger partial charge in [0.05, 0.1) is 12.0 Å². The maximum Gasteiger partial charge on any atom is 0.175 e. The fourth-order valence-corrected chi connectivity index (χ4v) is 2.59. The van der Waals surface area contributed by atoms with Crippen molar-refractivity contribution in [1.82, 2.24) is 0 Å². The van der Waals surface area contributed by atoms with Crippen LogP contribution in [0.5, 0.6) is 5.75 Å². The van der Waals surface area contributed by atoms with Crippen LogP contribution in [0, 0.1) is 0 Å². The average Bonchev–Trinajstić information content (AvgIpc) is 2.47. The topological polar surface area (TPSA) is 55.4 Å². The van der Waals surface area contributed by atoms with Crippen molar-refractivity contribution in [3.63, 3.8) is 0 Å². The maximum absolute atomic E-state index is 11.4. The average molecular weight is 305 g/mol. The summed E-state index contributed by atoms with van der Waals surface area (Å²) >= 11 is 0. The summed E-state index contributed by atoms with van der Waals surface area (Å²) in [6.07, 6.45) is 2.09. The lowest BCUT2D eigenvalue weighted by Gasteiger charge is -2.08. The molecule has 0 aromatic heterocycles. The van der Waals surface area contributed by atoms with Gasteiger partial charge in [0.1, 0.15) is 5.75 Å². The van der Waals surface area contributed by atoms with Crippen molar-refractivity contribution in [2.45, 2.75) is 11.3 Å². The van der Waals surface area contributed by atoms with E-state index in [0.717, 1.165) is 24.4 Å². The SMILES string of the molecule is COc1ccc(CCNc2ccc(S(C)(=O)=O)cc2)cc1. The van der Waals surface area contributed by atoms with Gasteiger partial charge >= 0.3 is 0 Å². The molecule has 0 bridgehead atoms. The van der Waals surface area contributed by atoms with Crippen molar-refractivity contribution >= 4 is 15.5 Å². The second-order valence-electron chi connectivity index (χ2n) is 4.82. The molecule has 0 saturated carbocycles. The Bertz CT molecular complexity index is 676. The molecule has 112 valence electrons. The lowest BCUT2D eigenvalue weighted by molar-refractivity contribution is 0.414. The molecule has 0 aliphatic heterocycles. The van der Waals surface area contributed by atoms with E-state index in [1.54, 1.807) is 31.4 Å². The second-order valence-corrected chi connectivity index (χ2v) is 6.84. The van der Waals surface area contributed by atoms with Gasteiger partial charge in [-0.25, -0.2) is 8.42 Å². The van der Waals surface area contributed by atoms with Crippen molar-refractivity contribution in [3.05, 3.63) is 54.1 Å². The number of rotatable bonds is 6. The molecule has 0 aliphatic carbocycles. The standard InChI is InChI=1S/C16H19NO3S/c1-20-15-7-3-13(4-8-15)11-12-17-14-5-9-16(10-6-14)21(2,18)19/h3-10,17H,11-12H2,1-2H3. The van der Waals surface area contributed by atoms with E-state index in [0.29, 0.717) is 4.90 Å². The van der Waals surface area contributed by atoms with Crippen LogP contribution >= 0.6 is 0 Å². The third-order valence-electron chi connectivity index (χ3n) is 3.18. The largest absolute Gasteiger partial charge is 0.497 e. The van der Waals surface area contributed by atoms with E-state index in [2.05, 4.69) is 5.32 Å².